The molecular weight excluding hydrogens is 317 g/mol. The zero-order valence-corrected chi connectivity index (χ0v) is 14.2. The first-order valence-corrected chi connectivity index (χ1v) is 8.44. The number of nitrogens with zero attached hydrogens (tertiary/aromatic N) is 3. The molecule has 0 radical (unpaired) electrons. The molecule has 3 aromatic rings. The highest BCUT2D eigenvalue weighted by Crippen LogP contribution is 2.05. The van der Waals surface area contributed by atoms with E-state index in [-0.39, 0.29) is 5.82 Å². The van der Waals surface area contributed by atoms with Crippen LogP contribution in [0.15, 0.2) is 59.9 Å². The summed E-state index contributed by atoms with van der Waals surface area (Å²) in [5.41, 5.74) is 2.82. The lowest BCUT2D eigenvalue weighted by molar-refractivity contribution is 0.625. The van der Waals surface area contributed by atoms with E-state index in [0.717, 1.165) is 42.4 Å². The SMILES string of the molecule is CCNC(=NCc1cccc(F)c1)NCCc1cn2ccccc2n1. The second-order valence-corrected chi connectivity index (χ2v) is 5.70. The molecule has 0 aliphatic heterocycles. The maximum absolute atomic E-state index is 13.2. The van der Waals surface area contributed by atoms with Gasteiger partial charge in [0, 0.05) is 31.9 Å². The molecule has 2 heterocycles. The van der Waals surface area contributed by atoms with Crippen molar-refractivity contribution in [3.63, 3.8) is 0 Å². The Hall–Kier alpha value is -2.89. The second kappa shape index (κ2) is 8.28. The van der Waals surface area contributed by atoms with Gasteiger partial charge in [0.15, 0.2) is 5.96 Å². The van der Waals surface area contributed by atoms with E-state index in [1.807, 2.05) is 48.0 Å². The third-order valence-corrected chi connectivity index (χ3v) is 3.74. The van der Waals surface area contributed by atoms with Crippen molar-refractivity contribution in [2.24, 2.45) is 4.99 Å². The fourth-order valence-electron chi connectivity index (χ4n) is 2.56. The molecule has 1 aromatic carbocycles. The van der Waals surface area contributed by atoms with Crippen LogP contribution in [0, 0.1) is 5.82 Å². The maximum Gasteiger partial charge on any atom is 0.191 e. The van der Waals surface area contributed by atoms with Crippen molar-refractivity contribution in [3.05, 3.63) is 71.9 Å². The molecule has 0 unspecified atom stereocenters. The molecule has 2 N–H and O–H groups in total. The second-order valence-electron chi connectivity index (χ2n) is 5.70. The molecule has 0 aliphatic carbocycles. The molecule has 6 heteroatoms. The van der Waals surface area contributed by atoms with Crippen LogP contribution >= 0.6 is 0 Å². The van der Waals surface area contributed by atoms with E-state index in [0.29, 0.717) is 6.54 Å². The number of fused-ring (bicyclic) bond motifs is 1. The highest BCUT2D eigenvalue weighted by molar-refractivity contribution is 5.79. The number of pyridine rings is 1. The Morgan fingerprint density at radius 1 is 1.20 bits per heavy atom. The number of guanidine groups is 1. The molecule has 0 fully saturated rings. The third kappa shape index (κ3) is 4.79. The van der Waals surface area contributed by atoms with E-state index in [2.05, 4.69) is 20.6 Å². The molecule has 0 spiro atoms. The van der Waals surface area contributed by atoms with Crippen LogP contribution in [-0.2, 0) is 13.0 Å². The molecule has 0 amide bonds. The first-order valence-electron chi connectivity index (χ1n) is 8.44. The van der Waals surface area contributed by atoms with Crippen molar-refractivity contribution < 1.29 is 4.39 Å². The molecule has 0 bridgehead atoms. The summed E-state index contributed by atoms with van der Waals surface area (Å²) in [4.78, 5) is 9.08. The van der Waals surface area contributed by atoms with Gasteiger partial charge < -0.3 is 15.0 Å². The maximum atomic E-state index is 13.2. The van der Waals surface area contributed by atoms with Crippen LogP contribution in [0.3, 0.4) is 0 Å². The smallest absolute Gasteiger partial charge is 0.191 e. The van der Waals surface area contributed by atoms with Crippen LogP contribution in [0.1, 0.15) is 18.2 Å². The van der Waals surface area contributed by atoms with E-state index in [9.17, 15) is 4.39 Å². The number of imidazole rings is 1. The molecule has 0 aliphatic rings. The van der Waals surface area contributed by atoms with Gasteiger partial charge in [-0.1, -0.05) is 18.2 Å². The molecule has 3 rings (SSSR count). The summed E-state index contributed by atoms with van der Waals surface area (Å²) in [6.45, 7) is 3.94. The number of hydrogen-bond acceptors (Lipinski definition) is 2. The normalized spacial score (nSPS) is 11.7. The van der Waals surface area contributed by atoms with Crippen LogP contribution in [-0.4, -0.2) is 28.4 Å². The molecule has 2 aromatic heterocycles. The fourth-order valence-corrected chi connectivity index (χ4v) is 2.56. The Balaban J connectivity index is 1.56. The van der Waals surface area contributed by atoms with Gasteiger partial charge in [0.2, 0.25) is 0 Å². The number of hydrogen-bond donors (Lipinski definition) is 2. The summed E-state index contributed by atoms with van der Waals surface area (Å²) in [6, 6.07) is 12.5. The third-order valence-electron chi connectivity index (χ3n) is 3.74. The Morgan fingerprint density at radius 2 is 2.12 bits per heavy atom. The van der Waals surface area contributed by atoms with Gasteiger partial charge in [0.05, 0.1) is 12.2 Å². The molecule has 0 saturated carbocycles. The zero-order chi connectivity index (χ0) is 17.5. The van der Waals surface area contributed by atoms with Gasteiger partial charge in [0.25, 0.3) is 0 Å². The highest BCUT2D eigenvalue weighted by atomic mass is 19.1. The summed E-state index contributed by atoms with van der Waals surface area (Å²) in [5.74, 6) is 0.480. The first kappa shape index (κ1) is 17.0. The predicted octanol–water partition coefficient (Wildman–Crippen LogP) is 2.77. The summed E-state index contributed by atoms with van der Waals surface area (Å²) in [5, 5.41) is 6.49. The average Bonchev–Trinajstić information content (AvgIpc) is 3.02. The number of rotatable bonds is 6. The lowest BCUT2D eigenvalue weighted by Gasteiger charge is -2.10. The molecule has 0 saturated heterocycles. The quantitative estimate of drug-likeness (QED) is 0.536. The summed E-state index contributed by atoms with van der Waals surface area (Å²) in [6.07, 6.45) is 4.82. The molecule has 0 atom stereocenters. The van der Waals surface area contributed by atoms with E-state index in [1.165, 1.54) is 12.1 Å². The van der Waals surface area contributed by atoms with Gasteiger partial charge in [-0.25, -0.2) is 14.4 Å². The number of aromatic nitrogens is 2. The van der Waals surface area contributed by atoms with Gasteiger partial charge in [-0.15, -0.1) is 0 Å². The lowest BCUT2D eigenvalue weighted by atomic mass is 10.2. The molecule has 25 heavy (non-hydrogen) atoms. The Labute approximate surface area is 146 Å². The van der Waals surface area contributed by atoms with E-state index >= 15 is 0 Å². The van der Waals surface area contributed by atoms with E-state index in [1.54, 1.807) is 6.07 Å². The number of halogens is 1. The van der Waals surface area contributed by atoms with Crippen molar-refractivity contribution in [2.75, 3.05) is 13.1 Å². The summed E-state index contributed by atoms with van der Waals surface area (Å²) in [7, 11) is 0. The minimum Gasteiger partial charge on any atom is -0.357 e. The minimum absolute atomic E-state index is 0.238. The first-order chi connectivity index (χ1) is 12.2. The average molecular weight is 339 g/mol. The lowest BCUT2D eigenvalue weighted by Crippen LogP contribution is -2.38. The van der Waals surface area contributed by atoms with Crippen LogP contribution in [0.25, 0.3) is 5.65 Å². The van der Waals surface area contributed by atoms with Crippen LogP contribution in [0.4, 0.5) is 4.39 Å². The van der Waals surface area contributed by atoms with Gasteiger partial charge in [-0.05, 0) is 36.8 Å². The van der Waals surface area contributed by atoms with Crippen molar-refractivity contribution in [3.8, 4) is 0 Å². The van der Waals surface area contributed by atoms with Crippen LogP contribution in [0.2, 0.25) is 0 Å². The van der Waals surface area contributed by atoms with Crippen molar-refractivity contribution in [1.82, 2.24) is 20.0 Å². The van der Waals surface area contributed by atoms with Crippen LogP contribution < -0.4 is 10.6 Å². The van der Waals surface area contributed by atoms with E-state index in [4.69, 9.17) is 0 Å². The summed E-state index contributed by atoms with van der Waals surface area (Å²) >= 11 is 0. The molecule has 5 nitrogen and oxygen atoms in total. The minimum atomic E-state index is -0.238. The standard InChI is InChI=1S/C19H22FN5/c1-2-21-19(23-13-15-6-5-7-16(20)12-15)22-10-9-17-14-25-11-4-3-8-18(25)24-17/h3-8,11-12,14H,2,9-10,13H2,1H3,(H2,21,22,23). The fraction of sp³-hybridized carbons (Fsp3) is 0.263. The monoisotopic (exact) mass is 339 g/mol. The predicted molar refractivity (Wildman–Crippen MR) is 98.1 cm³/mol. The van der Waals surface area contributed by atoms with Gasteiger partial charge in [-0.2, -0.15) is 0 Å². The number of nitrogens with one attached hydrogen (secondary N) is 2. The van der Waals surface area contributed by atoms with Gasteiger partial charge >= 0.3 is 0 Å². The molecule has 130 valence electrons. The van der Waals surface area contributed by atoms with Crippen molar-refractivity contribution in [2.45, 2.75) is 19.9 Å². The van der Waals surface area contributed by atoms with Gasteiger partial charge in [0.1, 0.15) is 11.5 Å². The highest BCUT2D eigenvalue weighted by Gasteiger charge is 2.02. The Kier molecular flexibility index (Phi) is 5.61. The van der Waals surface area contributed by atoms with Crippen LogP contribution in [0.5, 0.6) is 0 Å². The Bertz CT molecular complexity index is 823. The van der Waals surface area contributed by atoms with Crippen molar-refractivity contribution in [1.29, 1.82) is 0 Å². The van der Waals surface area contributed by atoms with Gasteiger partial charge in [-0.3, -0.25) is 0 Å². The summed E-state index contributed by atoms with van der Waals surface area (Å²) < 4.78 is 15.2. The van der Waals surface area contributed by atoms with Crippen molar-refractivity contribution >= 4 is 11.6 Å². The topological polar surface area (TPSA) is 53.7 Å². The number of benzene rings is 1. The largest absolute Gasteiger partial charge is 0.357 e. The van der Waals surface area contributed by atoms with E-state index < -0.39 is 0 Å². The molecular formula is C19H22FN5. The number of aliphatic imine (C=N–C) groups is 1. The zero-order valence-electron chi connectivity index (χ0n) is 14.2. The Morgan fingerprint density at radius 3 is 2.92 bits per heavy atom.